The summed E-state index contributed by atoms with van der Waals surface area (Å²) in [5.74, 6) is 2.55. The molecular formula is C25H25N3O2S. The Morgan fingerprint density at radius 3 is 2.68 bits per heavy atom. The van der Waals surface area contributed by atoms with Gasteiger partial charge in [0.1, 0.15) is 5.75 Å². The normalized spacial score (nSPS) is 16.1. The molecule has 1 aromatic heterocycles. The van der Waals surface area contributed by atoms with E-state index in [1.165, 1.54) is 16.3 Å². The number of fused-ring (bicyclic) bond motifs is 1. The van der Waals surface area contributed by atoms with E-state index in [0.29, 0.717) is 0 Å². The van der Waals surface area contributed by atoms with Crippen LogP contribution in [0.25, 0.3) is 22.2 Å². The van der Waals surface area contributed by atoms with Crippen LogP contribution in [0, 0.1) is 0 Å². The van der Waals surface area contributed by atoms with Gasteiger partial charge in [-0.1, -0.05) is 54.2 Å². The van der Waals surface area contributed by atoms with Gasteiger partial charge in [-0.3, -0.25) is 4.57 Å². The summed E-state index contributed by atoms with van der Waals surface area (Å²) >= 11 is 1.73. The van der Waals surface area contributed by atoms with Crippen LogP contribution >= 0.6 is 11.8 Å². The van der Waals surface area contributed by atoms with E-state index in [0.717, 1.165) is 54.0 Å². The fourth-order valence-electron chi connectivity index (χ4n) is 4.07. The van der Waals surface area contributed by atoms with Crippen molar-refractivity contribution in [2.24, 2.45) is 0 Å². The molecule has 2 heterocycles. The van der Waals surface area contributed by atoms with E-state index in [4.69, 9.17) is 9.47 Å². The Balaban J connectivity index is 1.44. The van der Waals surface area contributed by atoms with Gasteiger partial charge in [0.2, 0.25) is 0 Å². The van der Waals surface area contributed by atoms with Crippen LogP contribution in [0.1, 0.15) is 18.4 Å². The highest BCUT2D eigenvalue weighted by atomic mass is 32.2. The van der Waals surface area contributed by atoms with Gasteiger partial charge in [0.05, 0.1) is 19.8 Å². The standard InChI is InChI=1S/C25H25N3O2S/c1-29-21-13-11-19(12-14-21)24-26-27-25(28(24)16-22-9-5-15-30-22)31-17-20-8-4-7-18-6-2-3-10-23(18)20/h2-4,6-8,10-14,22H,5,9,15-17H2,1H3. The SMILES string of the molecule is COc1ccc(-c2nnc(SCc3cccc4ccccc34)n2CC2CCCO2)cc1. The summed E-state index contributed by atoms with van der Waals surface area (Å²) in [6.45, 7) is 1.61. The molecule has 0 radical (unpaired) electrons. The Labute approximate surface area is 186 Å². The van der Waals surface area contributed by atoms with Crippen molar-refractivity contribution in [2.75, 3.05) is 13.7 Å². The summed E-state index contributed by atoms with van der Waals surface area (Å²) in [7, 11) is 1.68. The number of nitrogens with zero attached hydrogens (tertiary/aromatic N) is 3. The van der Waals surface area contributed by atoms with Gasteiger partial charge in [-0.2, -0.15) is 0 Å². The Morgan fingerprint density at radius 1 is 1.03 bits per heavy atom. The minimum Gasteiger partial charge on any atom is -0.497 e. The van der Waals surface area contributed by atoms with Crippen LogP contribution in [-0.2, 0) is 17.0 Å². The van der Waals surface area contributed by atoms with E-state index in [9.17, 15) is 0 Å². The maximum atomic E-state index is 5.92. The second kappa shape index (κ2) is 9.12. The van der Waals surface area contributed by atoms with Crippen LogP contribution in [-0.4, -0.2) is 34.6 Å². The molecule has 1 saturated heterocycles. The van der Waals surface area contributed by atoms with Crippen molar-refractivity contribution in [3.63, 3.8) is 0 Å². The van der Waals surface area contributed by atoms with E-state index in [-0.39, 0.29) is 6.10 Å². The maximum absolute atomic E-state index is 5.92. The smallest absolute Gasteiger partial charge is 0.191 e. The minimum absolute atomic E-state index is 0.213. The van der Waals surface area contributed by atoms with Crippen molar-refractivity contribution < 1.29 is 9.47 Å². The van der Waals surface area contributed by atoms with Gasteiger partial charge in [-0.15, -0.1) is 10.2 Å². The number of ether oxygens (including phenoxy) is 2. The lowest BCUT2D eigenvalue weighted by Gasteiger charge is -2.15. The number of aromatic nitrogens is 3. The molecule has 0 N–H and O–H groups in total. The average Bonchev–Trinajstić information content (AvgIpc) is 3.48. The van der Waals surface area contributed by atoms with Gasteiger partial charge >= 0.3 is 0 Å². The van der Waals surface area contributed by atoms with Gasteiger partial charge in [0.15, 0.2) is 11.0 Å². The third-order valence-electron chi connectivity index (χ3n) is 5.71. The molecule has 5 rings (SSSR count). The number of hydrogen-bond acceptors (Lipinski definition) is 5. The van der Waals surface area contributed by atoms with Crippen LogP contribution < -0.4 is 4.74 Å². The summed E-state index contributed by atoms with van der Waals surface area (Å²) < 4.78 is 13.4. The molecule has 158 valence electrons. The van der Waals surface area contributed by atoms with E-state index >= 15 is 0 Å². The molecule has 1 fully saturated rings. The highest BCUT2D eigenvalue weighted by molar-refractivity contribution is 7.98. The number of rotatable bonds is 7. The van der Waals surface area contributed by atoms with E-state index < -0.39 is 0 Å². The molecule has 6 heteroatoms. The van der Waals surface area contributed by atoms with Crippen LogP contribution in [0.5, 0.6) is 5.75 Å². The molecule has 0 bridgehead atoms. The zero-order valence-electron chi connectivity index (χ0n) is 17.5. The fraction of sp³-hybridized carbons (Fsp3) is 0.280. The molecule has 1 aliphatic heterocycles. The third-order valence-corrected chi connectivity index (χ3v) is 6.73. The number of hydrogen-bond donors (Lipinski definition) is 0. The van der Waals surface area contributed by atoms with E-state index in [1.54, 1.807) is 18.9 Å². The predicted octanol–water partition coefficient (Wildman–Crippen LogP) is 5.58. The van der Waals surface area contributed by atoms with E-state index in [1.807, 2.05) is 24.3 Å². The first kappa shape index (κ1) is 20.1. The van der Waals surface area contributed by atoms with Crippen molar-refractivity contribution in [1.29, 1.82) is 0 Å². The molecule has 5 nitrogen and oxygen atoms in total. The maximum Gasteiger partial charge on any atom is 0.191 e. The lowest BCUT2D eigenvalue weighted by Crippen LogP contribution is -2.16. The van der Waals surface area contributed by atoms with Gasteiger partial charge in [0.25, 0.3) is 0 Å². The van der Waals surface area contributed by atoms with Gasteiger partial charge in [0, 0.05) is 17.9 Å². The lowest BCUT2D eigenvalue weighted by atomic mass is 10.1. The van der Waals surface area contributed by atoms with Crippen LogP contribution in [0.4, 0.5) is 0 Å². The second-order valence-corrected chi connectivity index (χ2v) is 8.65. The Hall–Kier alpha value is -2.83. The van der Waals surface area contributed by atoms with Crippen LogP contribution in [0.2, 0.25) is 0 Å². The molecule has 31 heavy (non-hydrogen) atoms. The monoisotopic (exact) mass is 431 g/mol. The van der Waals surface area contributed by atoms with Gasteiger partial charge in [-0.05, 0) is 53.4 Å². The average molecular weight is 432 g/mol. The molecular weight excluding hydrogens is 406 g/mol. The highest BCUT2D eigenvalue weighted by Crippen LogP contribution is 2.31. The van der Waals surface area contributed by atoms with E-state index in [2.05, 4.69) is 57.2 Å². The number of benzene rings is 3. The summed E-state index contributed by atoms with van der Waals surface area (Å²) in [6, 6.07) is 23.0. The summed E-state index contributed by atoms with van der Waals surface area (Å²) in [6.07, 6.45) is 2.40. The van der Waals surface area contributed by atoms with Crippen LogP contribution in [0.3, 0.4) is 0 Å². The first-order valence-electron chi connectivity index (χ1n) is 10.6. The summed E-state index contributed by atoms with van der Waals surface area (Å²) in [4.78, 5) is 0. The van der Waals surface area contributed by atoms with Crippen molar-refractivity contribution in [3.05, 3.63) is 72.3 Å². The van der Waals surface area contributed by atoms with Crippen molar-refractivity contribution in [1.82, 2.24) is 14.8 Å². The van der Waals surface area contributed by atoms with Crippen molar-refractivity contribution in [3.8, 4) is 17.1 Å². The molecule has 1 unspecified atom stereocenters. The Kier molecular flexibility index (Phi) is 5.91. The molecule has 0 amide bonds. The summed E-state index contributed by atoms with van der Waals surface area (Å²) in [5, 5.41) is 12.6. The Morgan fingerprint density at radius 2 is 1.87 bits per heavy atom. The van der Waals surface area contributed by atoms with Crippen molar-refractivity contribution in [2.45, 2.75) is 36.4 Å². The quantitative estimate of drug-likeness (QED) is 0.358. The fourth-order valence-corrected chi connectivity index (χ4v) is 5.02. The minimum atomic E-state index is 0.213. The number of thioether (sulfide) groups is 1. The zero-order valence-corrected chi connectivity index (χ0v) is 18.3. The Bertz CT molecular complexity index is 1160. The van der Waals surface area contributed by atoms with Crippen molar-refractivity contribution >= 4 is 22.5 Å². The molecule has 3 aromatic carbocycles. The summed E-state index contributed by atoms with van der Waals surface area (Å²) in [5.41, 5.74) is 2.34. The third kappa shape index (κ3) is 4.31. The largest absolute Gasteiger partial charge is 0.497 e. The molecule has 1 atom stereocenters. The molecule has 1 aliphatic rings. The van der Waals surface area contributed by atoms with Crippen LogP contribution in [0.15, 0.2) is 71.9 Å². The molecule has 4 aromatic rings. The molecule has 0 aliphatic carbocycles. The first-order valence-corrected chi connectivity index (χ1v) is 11.6. The topological polar surface area (TPSA) is 49.2 Å². The lowest BCUT2D eigenvalue weighted by molar-refractivity contribution is 0.0953. The van der Waals surface area contributed by atoms with Gasteiger partial charge < -0.3 is 9.47 Å². The predicted molar refractivity (Wildman–Crippen MR) is 124 cm³/mol. The second-order valence-electron chi connectivity index (χ2n) is 7.71. The molecule has 0 saturated carbocycles. The highest BCUT2D eigenvalue weighted by Gasteiger charge is 2.22. The number of methoxy groups -OCH3 is 1. The van der Waals surface area contributed by atoms with Gasteiger partial charge in [-0.25, -0.2) is 0 Å². The first-order chi connectivity index (χ1) is 15.3. The zero-order chi connectivity index (χ0) is 21.0. The molecule has 0 spiro atoms.